The van der Waals surface area contributed by atoms with Crippen molar-refractivity contribution in [2.24, 2.45) is 11.5 Å². The Kier molecular flexibility index (Phi) is 3.31. The summed E-state index contributed by atoms with van der Waals surface area (Å²) in [6, 6.07) is 8.34. The molecular formula is C12H20N4. The van der Waals surface area contributed by atoms with E-state index in [0.717, 1.165) is 25.1 Å². The summed E-state index contributed by atoms with van der Waals surface area (Å²) in [5.74, 6) is 0. The van der Waals surface area contributed by atoms with Gasteiger partial charge in [0.15, 0.2) is 0 Å². The fourth-order valence-corrected chi connectivity index (χ4v) is 2.38. The number of hydrogen-bond acceptors (Lipinski definition) is 4. The molecule has 1 fully saturated rings. The van der Waals surface area contributed by atoms with Gasteiger partial charge < -0.3 is 22.1 Å². The molecule has 0 spiro atoms. The van der Waals surface area contributed by atoms with Gasteiger partial charge in [-0.1, -0.05) is 0 Å². The lowest BCUT2D eigenvalue weighted by Crippen LogP contribution is -2.55. The van der Waals surface area contributed by atoms with Crippen LogP contribution in [0, 0.1) is 0 Å². The molecule has 0 aliphatic carbocycles. The standard InChI is InChI=1S/C12H20N4/c13-8-12-11(15)2-1-7-16(12)10-5-3-9(14)4-6-10/h3-6,11-12H,1-2,7-8,13-15H2. The molecule has 1 heterocycles. The average molecular weight is 220 g/mol. The lowest BCUT2D eigenvalue weighted by molar-refractivity contribution is 0.405. The van der Waals surface area contributed by atoms with Crippen LogP contribution >= 0.6 is 0 Å². The van der Waals surface area contributed by atoms with E-state index in [0.29, 0.717) is 6.54 Å². The van der Waals surface area contributed by atoms with Crippen LogP contribution in [0.25, 0.3) is 0 Å². The van der Waals surface area contributed by atoms with Crippen molar-refractivity contribution in [3.8, 4) is 0 Å². The van der Waals surface area contributed by atoms with Crippen LogP contribution in [0.3, 0.4) is 0 Å². The molecular weight excluding hydrogens is 200 g/mol. The average Bonchev–Trinajstić information content (AvgIpc) is 2.30. The first kappa shape index (κ1) is 11.2. The molecule has 0 aromatic heterocycles. The lowest BCUT2D eigenvalue weighted by atomic mass is 9.96. The maximum Gasteiger partial charge on any atom is 0.0563 e. The van der Waals surface area contributed by atoms with Crippen molar-refractivity contribution < 1.29 is 0 Å². The number of hydrogen-bond donors (Lipinski definition) is 3. The molecule has 0 amide bonds. The lowest BCUT2D eigenvalue weighted by Gasteiger charge is -2.40. The van der Waals surface area contributed by atoms with Gasteiger partial charge in [0.25, 0.3) is 0 Å². The first-order valence-corrected chi connectivity index (χ1v) is 5.80. The summed E-state index contributed by atoms with van der Waals surface area (Å²) in [5.41, 5.74) is 19.5. The molecule has 4 heteroatoms. The van der Waals surface area contributed by atoms with Gasteiger partial charge in [0, 0.05) is 30.5 Å². The zero-order valence-corrected chi connectivity index (χ0v) is 9.47. The molecule has 1 aromatic rings. The van der Waals surface area contributed by atoms with Gasteiger partial charge in [-0.15, -0.1) is 0 Å². The monoisotopic (exact) mass is 220 g/mol. The second-order valence-corrected chi connectivity index (χ2v) is 4.39. The van der Waals surface area contributed by atoms with E-state index in [1.807, 2.05) is 24.3 Å². The van der Waals surface area contributed by atoms with Crippen LogP contribution in [0.5, 0.6) is 0 Å². The van der Waals surface area contributed by atoms with Gasteiger partial charge in [-0.05, 0) is 37.1 Å². The van der Waals surface area contributed by atoms with Gasteiger partial charge in [0.2, 0.25) is 0 Å². The third-order valence-electron chi connectivity index (χ3n) is 3.30. The van der Waals surface area contributed by atoms with Crippen molar-refractivity contribution >= 4 is 11.4 Å². The minimum atomic E-state index is 0.177. The van der Waals surface area contributed by atoms with Crippen LogP contribution in [-0.4, -0.2) is 25.2 Å². The van der Waals surface area contributed by atoms with Crippen LogP contribution in [0.4, 0.5) is 11.4 Å². The Morgan fingerprint density at radius 2 is 1.94 bits per heavy atom. The maximum absolute atomic E-state index is 6.10. The minimum Gasteiger partial charge on any atom is -0.399 e. The Balaban J connectivity index is 2.20. The van der Waals surface area contributed by atoms with Crippen molar-refractivity contribution in [2.75, 3.05) is 23.7 Å². The first-order valence-electron chi connectivity index (χ1n) is 5.80. The van der Waals surface area contributed by atoms with Gasteiger partial charge in [0.05, 0.1) is 6.04 Å². The molecule has 4 nitrogen and oxygen atoms in total. The van der Waals surface area contributed by atoms with E-state index in [9.17, 15) is 0 Å². The van der Waals surface area contributed by atoms with Gasteiger partial charge >= 0.3 is 0 Å². The van der Waals surface area contributed by atoms with E-state index < -0.39 is 0 Å². The normalized spacial score (nSPS) is 25.8. The topological polar surface area (TPSA) is 81.3 Å². The van der Waals surface area contributed by atoms with Gasteiger partial charge in [-0.2, -0.15) is 0 Å². The number of nitrogen functional groups attached to an aromatic ring is 1. The van der Waals surface area contributed by atoms with Crippen molar-refractivity contribution in [2.45, 2.75) is 24.9 Å². The third kappa shape index (κ3) is 2.13. The fourth-order valence-electron chi connectivity index (χ4n) is 2.38. The first-order chi connectivity index (χ1) is 7.72. The predicted molar refractivity (Wildman–Crippen MR) is 68.3 cm³/mol. The number of rotatable bonds is 2. The molecule has 88 valence electrons. The highest BCUT2D eigenvalue weighted by Gasteiger charge is 2.27. The van der Waals surface area contributed by atoms with E-state index in [1.54, 1.807) is 0 Å². The molecule has 1 aliphatic heterocycles. The van der Waals surface area contributed by atoms with Crippen LogP contribution in [0.2, 0.25) is 0 Å². The van der Waals surface area contributed by atoms with Crippen LogP contribution in [0.15, 0.2) is 24.3 Å². The predicted octanol–water partition coefficient (Wildman–Crippen LogP) is 0.524. The molecule has 6 N–H and O–H groups in total. The Morgan fingerprint density at radius 3 is 2.56 bits per heavy atom. The summed E-state index contributed by atoms with van der Waals surface area (Å²) in [5, 5.41) is 0. The zero-order valence-electron chi connectivity index (χ0n) is 9.47. The largest absolute Gasteiger partial charge is 0.399 e. The van der Waals surface area contributed by atoms with Crippen LogP contribution in [0.1, 0.15) is 12.8 Å². The quantitative estimate of drug-likeness (QED) is 0.635. The number of anilines is 2. The fraction of sp³-hybridized carbons (Fsp3) is 0.500. The van der Waals surface area contributed by atoms with Crippen molar-refractivity contribution in [3.05, 3.63) is 24.3 Å². The second kappa shape index (κ2) is 4.72. The molecule has 16 heavy (non-hydrogen) atoms. The number of nitrogens with zero attached hydrogens (tertiary/aromatic N) is 1. The summed E-state index contributed by atoms with van der Waals surface area (Å²) in [6.07, 6.45) is 2.19. The van der Waals surface area contributed by atoms with Crippen molar-refractivity contribution in [1.82, 2.24) is 0 Å². The minimum absolute atomic E-state index is 0.177. The molecule has 0 saturated carbocycles. The van der Waals surface area contributed by atoms with E-state index in [1.165, 1.54) is 5.69 Å². The molecule has 0 bridgehead atoms. The number of piperidine rings is 1. The van der Waals surface area contributed by atoms with E-state index in [2.05, 4.69) is 4.90 Å². The van der Waals surface area contributed by atoms with E-state index >= 15 is 0 Å². The molecule has 0 radical (unpaired) electrons. The Bertz CT molecular complexity index is 335. The van der Waals surface area contributed by atoms with Gasteiger partial charge in [0.1, 0.15) is 0 Å². The summed E-state index contributed by atoms with van der Waals surface area (Å²) >= 11 is 0. The zero-order chi connectivity index (χ0) is 11.5. The van der Waals surface area contributed by atoms with Gasteiger partial charge in [-0.3, -0.25) is 0 Å². The molecule has 2 rings (SSSR count). The second-order valence-electron chi connectivity index (χ2n) is 4.39. The molecule has 1 saturated heterocycles. The maximum atomic E-state index is 6.10. The molecule has 2 atom stereocenters. The van der Waals surface area contributed by atoms with Crippen LogP contribution in [-0.2, 0) is 0 Å². The Morgan fingerprint density at radius 1 is 1.25 bits per heavy atom. The van der Waals surface area contributed by atoms with Crippen LogP contribution < -0.4 is 22.1 Å². The highest BCUT2D eigenvalue weighted by atomic mass is 15.2. The SMILES string of the molecule is NCC1C(N)CCCN1c1ccc(N)cc1. The molecule has 1 aliphatic rings. The highest BCUT2D eigenvalue weighted by Crippen LogP contribution is 2.24. The van der Waals surface area contributed by atoms with E-state index in [-0.39, 0.29) is 12.1 Å². The molecule has 1 aromatic carbocycles. The molecule has 2 unspecified atom stereocenters. The summed E-state index contributed by atoms with van der Waals surface area (Å²) in [6.45, 7) is 1.63. The Hall–Kier alpha value is -1.26. The van der Waals surface area contributed by atoms with Crippen molar-refractivity contribution in [1.29, 1.82) is 0 Å². The van der Waals surface area contributed by atoms with Crippen molar-refractivity contribution in [3.63, 3.8) is 0 Å². The third-order valence-corrected chi connectivity index (χ3v) is 3.30. The smallest absolute Gasteiger partial charge is 0.0563 e. The summed E-state index contributed by atoms with van der Waals surface area (Å²) in [7, 11) is 0. The highest BCUT2D eigenvalue weighted by molar-refractivity contribution is 5.54. The summed E-state index contributed by atoms with van der Waals surface area (Å²) in [4.78, 5) is 2.30. The number of nitrogens with two attached hydrogens (primary N) is 3. The Labute approximate surface area is 96.4 Å². The van der Waals surface area contributed by atoms with Gasteiger partial charge in [-0.25, -0.2) is 0 Å². The van der Waals surface area contributed by atoms with E-state index in [4.69, 9.17) is 17.2 Å². The number of benzene rings is 1. The summed E-state index contributed by atoms with van der Waals surface area (Å²) < 4.78 is 0.